The summed E-state index contributed by atoms with van der Waals surface area (Å²) in [5, 5.41) is 3.62. The molecule has 19 heavy (non-hydrogen) atoms. The zero-order chi connectivity index (χ0) is 13.9. The molecule has 0 spiro atoms. The van der Waals surface area contributed by atoms with Gasteiger partial charge in [0, 0.05) is 19.3 Å². The quantitative estimate of drug-likeness (QED) is 0.637. The molecule has 0 aliphatic carbocycles. The van der Waals surface area contributed by atoms with Crippen LogP contribution in [0.4, 0.5) is 0 Å². The van der Waals surface area contributed by atoms with Crippen molar-refractivity contribution in [2.24, 2.45) is 0 Å². The summed E-state index contributed by atoms with van der Waals surface area (Å²) in [6.07, 6.45) is 4.60. The number of hydrogen-bond acceptors (Lipinski definition) is 2. The second-order valence-corrected chi connectivity index (χ2v) is 5.15. The highest BCUT2D eigenvalue weighted by Gasteiger charge is 2.07. The van der Waals surface area contributed by atoms with E-state index < -0.39 is 0 Å². The number of aryl methyl sites for hydroxylation is 1. The van der Waals surface area contributed by atoms with Gasteiger partial charge >= 0.3 is 0 Å². The largest absolute Gasteiger partial charge is 0.381 e. The molecule has 1 aromatic carbocycles. The lowest BCUT2D eigenvalue weighted by Crippen LogP contribution is -2.22. The third kappa shape index (κ3) is 6.74. The van der Waals surface area contributed by atoms with Gasteiger partial charge in [-0.2, -0.15) is 0 Å². The van der Waals surface area contributed by atoms with Crippen LogP contribution in [0.1, 0.15) is 56.7 Å². The minimum absolute atomic E-state index is 0.469. The molecule has 108 valence electrons. The van der Waals surface area contributed by atoms with E-state index in [0.717, 1.165) is 32.6 Å². The monoisotopic (exact) mass is 263 g/mol. The average Bonchev–Trinajstić information content (AvgIpc) is 2.43. The Morgan fingerprint density at radius 3 is 2.37 bits per heavy atom. The SMILES string of the molecule is CCCCOCCCNC(CC)c1ccc(C)cc1. The van der Waals surface area contributed by atoms with Gasteiger partial charge in [0.1, 0.15) is 0 Å². The fourth-order valence-corrected chi connectivity index (χ4v) is 2.10. The van der Waals surface area contributed by atoms with Crippen molar-refractivity contribution in [3.63, 3.8) is 0 Å². The van der Waals surface area contributed by atoms with E-state index in [0.29, 0.717) is 6.04 Å². The van der Waals surface area contributed by atoms with Gasteiger partial charge in [0.05, 0.1) is 0 Å². The van der Waals surface area contributed by atoms with Crippen LogP contribution in [-0.2, 0) is 4.74 Å². The van der Waals surface area contributed by atoms with Crippen molar-refractivity contribution in [1.82, 2.24) is 5.32 Å². The summed E-state index contributed by atoms with van der Waals surface area (Å²) in [5.41, 5.74) is 2.71. The highest BCUT2D eigenvalue weighted by atomic mass is 16.5. The number of rotatable bonds is 10. The molecular formula is C17H29NO. The van der Waals surface area contributed by atoms with Crippen LogP contribution in [0.3, 0.4) is 0 Å². The zero-order valence-electron chi connectivity index (χ0n) is 12.7. The molecule has 1 aromatic rings. The highest BCUT2D eigenvalue weighted by Crippen LogP contribution is 2.16. The number of benzene rings is 1. The molecule has 1 atom stereocenters. The number of nitrogens with one attached hydrogen (secondary N) is 1. The van der Waals surface area contributed by atoms with Gasteiger partial charge in [0.15, 0.2) is 0 Å². The van der Waals surface area contributed by atoms with Crippen molar-refractivity contribution >= 4 is 0 Å². The molecular weight excluding hydrogens is 234 g/mol. The summed E-state index contributed by atoms with van der Waals surface area (Å²) in [7, 11) is 0. The Balaban J connectivity index is 2.20. The number of hydrogen-bond donors (Lipinski definition) is 1. The molecule has 2 heteroatoms. The smallest absolute Gasteiger partial charge is 0.0478 e. The highest BCUT2D eigenvalue weighted by molar-refractivity contribution is 5.23. The fourth-order valence-electron chi connectivity index (χ4n) is 2.10. The standard InChI is InChI=1S/C17H29NO/c1-4-6-13-19-14-7-12-18-17(5-2)16-10-8-15(3)9-11-16/h8-11,17-18H,4-7,12-14H2,1-3H3. The van der Waals surface area contributed by atoms with Crippen LogP contribution >= 0.6 is 0 Å². The average molecular weight is 263 g/mol. The first-order chi connectivity index (χ1) is 9.27. The van der Waals surface area contributed by atoms with Gasteiger partial charge in [0.2, 0.25) is 0 Å². The molecule has 0 amide bonds. The minimum Gasteiger partial charge on any atom is -0.381 e. The molecule has 0 aromatic heterocycles. The van der Waals surface area contributed by atoms with E-state index in [-0.39, 0.29) is 0 Å². The van der Waals surface area contributed by atoms with Crippen LogP contribution < -0.4 is 5.32 Å². The molecule has 2 nitrogen and oxygen atoms in total. The number of unbranched alkanes of at least 4 members (excludes halogenated alkanes) is 1. The Labute approximate surface area is 118 Å². The van der Waals surface area contributed by atoms with Gasteiger partial charge in [-0.15, -0.1) is 0 Å². The van der Waals surface area contributed by atoms with Crippen LogP contribution in [0, 0.1) is 6.92 Å². The first kappa shape index (κ1) is 16.2. The van der Waals surface area contributed by atoms with Crippen molar-refractivity contribution in [3.8, 4) is 0 Å². The topological polar surface area (TPSA) is 21.3 Å². The fraction of sp³-hybridized carbons (Fsp3) is 0.647. The van der Waals surface area contributed by atoms with Crippen LogP contribution in [0.2, 0.25) is 0 Å². The summed E-state index contributed by atoms with van der Waals surface area (Å²) in [6.45, 7) is 9.36. The van der Waals surface area contributed by atoms with Crippen molar-refractivity contribution in [2.75, 3.05) is 19.8 Å². The maximum absolute atomic E-state index is 5.57. The molecule has 0 saturated heterocycles. The maximum atomic E-state index is 5.57. The molecule has 1 rings (SSSR count). The van der Waals surface area contributed by atoms with Gasteiger partial charge < -0.3 is 10.1 Å². The van der Waals surface area contributed by atoms with Gasteiger partial charge in [-0.25, -0.2) is 0 Å². The van der Waals surface area contributed by atoms with Crippen LogP contribution in [-0.4, -0.2) is 19.8 Å². The van der Waals surface area contributed by atoms with Crippen molar-refractivity contribution in [2.45, 2.75) is 52.5 Å². The third-order valence-electron chi connectivity index (χ3n) is 3.39. The Bertz CT molecular complexity index is 321. The Morgan fingerprint density at radius 2 is 1.74 bits per heavy atom. The van der Waals surface area contributed by atoms with Gasteiger partial charge in [-0.3, -0.25) is 0 Å². The minimum atomic E-state index is 0.469. The lowest BCUT2D eigenvalue weighted by Gasteiger charge is -2.17. The van der Waals surface area contributed by atoms with E-state index in [1.54, 1.807) is 0 Å². The van der Waals surface area contributed by atoms with Crippen LogP contribution in [0.5, 0.6) is 0 Å². The van der Waals surface area contributed by atoms with E-state index in [4.69, 9.17) is 4.74 Å². The molecule has 0 saturated carbocycles. The summed E-state index contributed by atoms with van der Waals surface area (Å²) in [6, 6.07) is 9.31. The molecule has 0 aliphatic heterocycles. The van der Waals surface area contributed by atoms with Crippen molar-refractivity contribution in [1.29, 1.82) is 0 Å². The van der Waals surface area contributed by atoms with Crippen molar-refractivity contribution < 1.29 is 4.74 Å². The third-order valence-corrected chi connectivity index (χ3v) is 3.39. The molecule has 0 radical (unpaired) electrons. The van der Waals surface area contributed by atoms with Gasteiger partial charge in [0.25, 0.3) is 0 Å². The number of ether oxygens (including phenoxy) is 1. The summed E-state index contributed by atoms with van der Waals surface area (Å²) < 4.78 is 5.57. The Hall–Kier alpha value is -0.860. The summed E-state index contributed by atoms with van der Waals surface area (Å²) >= 11 is 0. The maximum Gasteiger partial charge on any atom is 0.0478 e. The lowest BCUT2D eigenvalue weighted by molar-refractivity contribution is 0.128. The normalized spacial score (nSPS) is 12.6. The molecule has 0 fully saturated rings. The van der Waals surface area contributed by atoms with E-state index in [1.807, 2.05) is 0 Å². The molecule has 0 aliphatic rings. The van der Waals surface area contributed by atoms with Gasteiger partial charge in [-0.05, 0) is 38.3 Å². The molecule has 0 bridgehead atoms. The predicted molar refractivity (Wildman–Crippen MR) is 82.6 cm³/mol. The predicted octanol–water partition coefficient (Wildman–Crippen LogP) is 4.24. The van der Waals surface area contributed by atoms with Crippen molar-refractivity contribution in [3.05, 3.63) is 35.4 Å². The van der Waals surface area contributed by atoms with Gasteiger partial charge in [-0.1, -0.05) is 50.1 Å². The lowest BCUT2D eigenvalue weighted by atomic mass is 10.0. The van der Waals surface area contributed by atoms with E-state index >= 15 is 0 Å². The first-order valence-corrected chi connectivity index (χ1v) is 7.65. The Morgan fingerprint density at radius 1 is 1.05 bits per heavy atom. The molecule has 0 heterocycles. The van der Waals surface area contributed by atoms with Crippen LogP contribution in [0.15, 0.2) is 24.3 Å². The van der Waals surface area contributed by atoms with E-state index in [2.05, 4.69) is 50.4 Å². The zero-order valence-corrected chi connectivity index (χ0v) is 12.7. The molecule has 1 unspecified atom stereocenters. The molecule has 1 N–H and O–H groups in total. The summed E-state index contributed by atoms with van der Waals surface area (Å²) in [4.78, 5) is 0. The van der Waals surface area contributed by atoms with E-state index in [9.17, 15) is 0 Å². The second kappa shape index (κ2) is 9.99. The van der Waals surface area contributed by atoms with Crippen LogP contribution in [0.25, 0.3) is 0 Å². The van der Waals surface area contributed by atoms with E-state index in [1.165, 1.54) is 24.0 Å². The summed E-state index contributed by atoms with van der Waals surface area (Å²) in [5.74, 6) is 0. The first-order valence-electron chi connectivity index (χ1n) is 7.65. The second-order valence-electron chi connectivity index (χ2n) is 5.15. The Kier molecular flexibility index (Phi) is 8.52.